The number of hydrogen-bond acceptors (Lipinski definition) is 7. The van der Waals surface area contributed by atoms with E-state index >= 15 is 0 Å². The van der Waals surface area contributed by atoms with E-state index in [4.69, 9.17) is 11.6 Å². The predicted octanol–water partition coefficient (Wildman–Crippen LogP) is 4.49. The molecule has 3 aromatic rings. The minimum absolute atomic E-state index is 0.166. The van der Waals surface area contributed by atoms with Gasteiger partial charge in [0.2, 0.25) is 0 Å². The Labute approximate surface area is 196 Å². The Morgan fingerprint density at radius 3 is 2.73 bits per heavy atom. The van der Waals surface area contributed by atoms with Gasteiger partial charge in [0.25, 0.3) is 0 Å². The Hall–Kier alpha value is -2.99. The minimum Gasteiger partial charge on any atom is -0.356 e. The number of aryl methyl sites for hydroxylation is 1. The average Bonchev–Trinajstić information content (AvgIpc) is 3.18. The fraction of sp³-hybridized carbons (Fsp3) is 0.350. The molecule has 2 atom stereocenters. The number of alkyl halides is 3. The Morgan fingerprint density at radius 1 is 1.24 bits per heavy atom. The molecule has 1 saturated heterocycles. The molecule has 3 aromatic heterocycles. The maximum atomic E-state index is 13.1. The molecule has 1 fully saturated rings. The molecular weight excluding hydrogens is 479 g/mol. The van der Waals surface area contributed by atoms with Crippen LogP contribution in [0.1, 0.15) is 29.4 Å². The van der Waals surface area contributed by atoms with Crippen molar-refractivity contribution < 1.29 is 18.0 Å². The number of hydrogen-bond donors (Lipinski definition) is 2. The molecule has 2 N–H and O–H groups in total. The van der Waals surface area contributed by atoms with Gasteiger partial charge in [0, 0.05) is 43.0 Å². The van der Waals surface area contributed by atoms with Gasteiger partial charge in [-0.1, -0.05) is 11.6 Å². The van der Waals surface area contributed by atoms with Crippen LogP contribution in [0.3, 0.4) is 0 Å². The number of pyridine rings is 1. The van der Waals surface area contributed by atoms with E-state index in [1.807, 2.05) is 6.92 Å². The average molecular weight is 498 g/mol. The van der Waals surface area contributed by atoms with Crippen molar-refractivity contribution in [2.24, 2.45) is 0 Å². The number of carbonyl (C=O) groups is 1. The second kappa shape index (κ2) is 9.48. The van der Waals surface area contributed by atoms with Crippen LogP contribution in [0.5, 0.6) is 0 Å². The zero-order valence-electron chi connectivity index (χ0n) is 17.3. The lowest BCUT2D eigenvalue weighted by Gasteiger charge is -2.39. The van der Waals surface area contributed by atoms with E-state index in [1.54, 1.807) is 23.1 Å². The Bertz CT molecular complexity index is 1130. The summed E-state index contributed by atoms with van der Waals surface area (Å²) in [5.74, 6) is -0.145. The Balaban J connectivity index is 1.54. The zero-order valence-corrected chi connectivity index (χ0v) is 18.9. The number of carbonyl (C=O) groups excluding carboxylic acids is 1. The summed E-state index contributed by atoms with van der Waals surface area (Å²) in [6.07, 6.45) is -1.70. The third kappa shape index (κ3) is 5.69. The van der Waals surface area contributed by atoms with Crippen LogP contribution in [-0.4, -0.2) is 44.5 Å². The quantitative estimate of drug-likeness (QED) is 0.551. The summed E-state index contributed by atoms with van der Waals surface area (Å²) in [6.45, 7) is 2.52. The van der Waals surface area contributed by atoms with Crippen molar-refractivity contribution in [3.05, 3.63) is 58.9 Å². The monoisotopic (exact) mass is 497 g/mol. The van der Waals surface area contributed by atoms with Crippen LogP contribution < -0.4 is 15.5 Å². The molecule has 0 bridgehead atoms. The lowest BCUT2D eigenvalue weighted by Crippen LogP contribution is -2.51. The number of amides is 2. The first kappa shape index (κ1) is 23.2. The van der Waals surface area contributed by atoms with Crippen molar-refractivity contribution in [3.8, 4) is 0 Å². The van der Waals surface area contributed by atoms with Crippen molar-refractivity contribution in [2.75, 3.05) is 23.3 Å². The fourth-order valence-electron chi connectivity index (χ4n) is 3.65. The maximum Gasteiger partial charge on any atom is 0.433 e. The van der Waals surface area contributed by atoms with Crippen molar-refractivity contribution in [2.45, 2.75) is 31.5 Å². The standard InChI is InChI=1S/C20H19ClF3N7OS/c1-11-6-18(33-30-11)29-19(32)28-15-4-5-31(9-13(15)14-3-2-12(21)8-25-14)17-7-16(20(22,23)24)26-10-27-17/h2-3,6-8,10,13,15H,4-5,9H2,1H3,(H2,28,29,32)/t13-,15+/m0/s1. The van der Waals surface area contributed by atoms with Gasteiger partial charge in [0.15, 0.2) is 0 Å². The van der Waals surface area contributed by atoms with Gasteiger partial charge in [0.1, 0.15) is 22.8 Å². The smallest absolute Gasteiger partial charge is 0.356 e. The zero-order chi connectivity index (χ0) is 23.6. The lowest BCUT2D eigenvalue weighted by molar-refractivity contribution is -0.141. The van der Waals surface area contributed by atoms with Crippen LogP contribution in [0.4, 0.5) is 28.8 Å². The van der Waals surface area contributed by atoms with Crippen molar-refractivity contribution in [1.82, 2.24) is 24.6 Å². The number of aromatic nitrogens is 4. The molecule has 1 aliphatic heterocycles. The van der Waals surface area contributed by atoms with Crippen LogP contribution >= 0.6 is 23.1 Å². The number of rotatable bonds is 4. The summed E-state index contributed by atoms with van der Waals surface area (Å²) >= 11 is 7.14. The molecule has 0 aromatic carbocycles. The van der Waals surface area contributed by atoms with Gasteiger partial charge in [-0.05, 0) is 43.1 Å². The molecule has 0 aliphatic carbocycles. The number of nitrogens with one attached hydrogen (secondary N) is 2. The molecule has 13 heteroatoms. The van der Waals surface area contributed by atoms with Gasteiger partial charge in [-0.15, -0.1) is 0 Å². The molecule has 0 spiro atoms. The van der Waals surface area contributed by atoms with Crippen LogP contribution in [-0.2, 0) is 6.18 Å². The van der Waals surface area contributed by atoms with Crippen LogP contribution in [0.25, 0.3) is 0 Å². The number of halogens is 4. The molecule has 2 amide bonds. The highest BCUT2D eigenvalue weighted by atomic mass is 35.5. The molecule has 0 saturated carbocycles. The summed E-state index contributed by atoms with van der Waals surface area (Å²) in [6, 6.07) is 5.42. The van der Waals surface area contributed by atoms with Gasteiger partial charge in [0.05, 0.1) is 10.7 Å². The van der Waals surface area contributed by atoms with Gasteiger partial charge in [-0.25, -0.2) is 14.8 Å². The highest BCUT2D eigenvalue weighted by Gasteiger charge is 2.36. The van der Waals surface area contributed by atoms with Crippen molar-refractivity contribution in [3.63, 3.8) is 0 Å². The van der Waals surface area contributed by atoms with E-state index < -0.39 is 17.9 Å². The SMILES string of the molecule is Cc1cc(NC(=O)N[C@@H]2CCN(c3cc(C(F)(F)F)ncn3)C[C@H]2c2ccc(Cl)cn2)sn1. The maximum absolute atomic E-state index is 13.1. The third-order valence-electron chi connectivity index (χ3n) is 5.19. The van der Waals surface area contributed by atoms with Gasteiger partial charge < -0.3 is 10.2 Å². The van der Waals surface area contributed by atoms with E-state index in [1.165, 1.54) is 17.7 Å². The Morgan fingerprint density at radius 2 is 2.06 bits per heavy atom. The van der Waals surface area contributed by atoms with E-state index in [0.717, 1.165) is 18.1 Å². The third-order valence-corrected chi connectivity index (χ3v) is 6.21. The summed E-state index contributed by atoms with van der Waals surface area (Å²) in [5, 5.41) is 6.80. The van der Waals surface area contributed by atoms with E-state index in [0.29, 0.717) is 35.2 Å². The second-order valence-corrected chi connectivity index (χ2v) is 8.78. The molecular formula is C20H19ClF3N7OS. The summed E-state index contributed by atoms with van der Waals surface area (Å²) < 4.78 is 43.5. The Kier molecular flexibility index (Phi) is 6.66. The highest BCUT2D eigenvalue weighted by molar-refractivity contribution is 7.10. The molecule has 0 radical (unpaired) electrons. The molecule has 4 heterocycles. The fourth-order valence-corrected chi connectivity index (χ4v) is 4.42. The minimum atomic E-state index is -4.57. The normalized spacial score (nSPS) is 18.8. The predicted molar refractivity (Wildman–Crippen MR) is 119 cm³/mol. The summed E-state index contributed by atoms with van der Waals surface area (Å²) in [5.41, 5.74) is 0.455. The molecule has 8 nitrogen and oxygen atoms in total. The molecule has 1 aliphatic rings. The van der Waals surface area contributed by atoms with Gasteiger partial charge >= 0.3 is 12.2 Å². The van der Waals surface area contributed by atoms with E-state index in [9.17, 15) is 18.0 Å². The topological polar surface area (TPSA) is 95.9 Å². The van der Waals surface area contributed by atoms with Gasteiger partial charge in [-0.2, -0.15) is 17.5 Å². The number of urea groups is 1. The number of anilines is 2. The first-order chi connectivity index (χ1) is 15.7. The van der Waals surface area contributed by atoms with E-state index in [-0.39, 0.29) is 17.8 Å². The number of nitrogens with zero attached hydrogens (tertiary/aromatic N) is 5. The summed E-state index contributed by atoms with van der Waals surface area (Å²) in [4.78, 5) is 26.1. The van der Waals surface area contributed by atoms with Crippen LogP contribution in [0.2, 0.25) is 5.02 Å². The van der Waals surface area contributed by atoms with E-state index in [2.05, 4.69) is 30.0 Å². The van der Waals surface area contributed by atoms with Crippen molar-refractivity contribution in [1.29, 1.82) is 0 Å². The van der Waals surface area contributed by atoms with Gasteiger partial charge in [-0.3, -0.25) is 10.3 Å². The summed E-state index contributed by atoms with van der Waals surface area (Å²) in [7, 11) is 0. The first-order valence-corrected chi connectivity index (χ1v) is 11.1. The highest BCUT2D eigenvalue weighted by Crippen LogP contribution is 2.32. The lowest BCUT2D eigenvalue weighted by atomic mass is 9.88. The molecule has 4 rings (SSSR count). The van der Waals surface area contributed by atoms with Crippen LogP contribution in [0.15, 0.2) is 36.8 Å². The van der Waals surface area contributed by atoms with Crippen molar-refractivity contribution >= 4 is 40.0 Å². The first-order valence-electron chi connectivity index (χ1n) is 9.95. The molecule has 174 valence electrons. The molecule has 33 heavy (non-hydrogen) atoms. The number of piperidine rings is 1. The van der Waals surface area contributed by atoms with Crippen LogP contribution in [0, 0.1) is 6.92 Å². The molecule has 0 unspecified atom stereocenters. The second-order valence-electron chi connectivity index (χ2n) is 7.54. The largest absolute Gasteiger partial charge is 0.433 e.